The highest BCUT2D eigenvalue weighted by molar-refractivity contribution is 5.09. The molecule has 1 saturated heterocycles. The van der Waals surface area contributed by atoms with Gasteiger partial charge in [0.25, 0.3) is 0 Å². The van der Waals surface area contributed by atoms with Crippen molar-refractivity contribution in [3.05, 3.63) is 47.5 Å². The van der Waals surface area contributed by atoms with E-state index in [9.17, 15) is 0 Å². The molecule has 3 atom stereocenters. The zero-order valence-corrected chi connectivity index (χ0v) is 15.7. The third-order valence-electron chi connectivity index (χ3n) is 5.44. The Kier molecular flexibility index (Phi) is 5.33. The predicted molar refractivity (Wildman–Crippen MR) is 98.5 cm³/mol. The molecule has 1 saturated carbocycles. The number of ether oxygens (including phenoxy) is 2. The average Bonchev–Trinajstić information content (AvgIpc) is 3.21. The van der Waals surface area contributed by atoms with Crippen molar-refractivity contribution in [2.45, 2.75) is 45.1 Å². The number of hydrogen-bond donors (Lipinski definition) is 0. The first kappa shape index (κ1) is 17.6. The Morgan fingerprint density at radius 3 is 3.04 bits per heavy atom. The van der Waals surface area contributed by atoms with Crippen LogP contribution in [0.25, 0.3) is 0 Å². The smallest absolute Gasteiger partial charge is 0.0888 e. The second kappa shape index (κ2) is 7.86. The van der Waals surface area contributed by atoms with Gasteiger partial charge in [0.2, 0.25) is 0 Å². The van der Waals surface area contributed by atoms with Crippen LogP contribution in [0.5, 0.6) is 0 Å². The van der Waals surface area contributed by atoms with Gasteiger partial charge in [0.05, 0.1) is 37.8 Å². The van der Waals surface area contributed by atoms with Crippen molar-refractivity contribution in [2.24, 2.45) is 13.0 Å². The zero-order chi connectivity index (χ0) is 17.9. The van der Waals surface area contributed by atoms with Gasteiger partial charge in [0, 0.05) is 43.6 Å². The largest absolute Gasteiger partial charge is 0.375 e. The van der Waals surface area contributed by atoms with Crippen molar-refractivity contribution in [1.29, 1.82) is 0 Å². The van der Waals surface area contributed by atoms with Crippen molar-refractivity contribution >= 4 is 0 Å². The van der Waals surface area contributed by atoms with Crippen LogP contribution >= 0.6 is 0 Å². The van der Waals surface area contributed by atoms with Crippen LogP contribution in [0.2, 0.25) is 0 Å². The van der Waals surface area contributed by atoms with E-state index in [4.69, 9.17) is 9.47 Å². The van der Waals surface area contributed by atoms with Gasteiger partial charge in [-0.3, -0.25) is 14.6 Å². The topological polar surface area (TPSA) is 52.4 Å². The van der Waals surface area contributed by atoms with Gasteiger partial charge in [-0.05, 0) is 37.8 Å². The lowest BCUT2D eigenvalue weighted by Crippen LogP contribution is -2.47. The highest BCUT2D eigenvalue weighted by atomic mass is 16.5. The quantitative estimate of drug-likeness (QED) is 0.795. The molecular weight excluding hydrogens is 328 g/mol. The standard InChI is InChI=1S/C20H28N4O2/c1-15-4-3-5-18(22-15)14-25-13-16-8-19-20(9-16)26-7-6-24(19)12-17-10-21-23(2)11-17/h3-5,10-11,16,19-20H,6-9,12-14H2,1-2H3. The second-order valence-electron chi connectivity index (χ2n) is 7.59. The maximum absolute atomic E-state index is 6.06. The van der Waals surface area contributed by atoms with E-state index >= 15 is 0 Å². The van der Waals surface area contributed by atoms with Gasteiger partial charge in [0.1, 0.15) is 0 Å². The van der Waals surface area contributed by atoms with Crippen molar-refractivity contribution in [3.63, 3.8) is 0 Å². The summed E-state index contributed by atoms with van der Waals surface area (Å²) in [6.45, 7) is 6.16. The van der Waals surface area contributed by atoms with Crippen LogP contribution in [-0.4, -0.2) is 51.6 Å². The Morgan fingerprint density at radius 1 is 1.31 bits per heavy atom. The van der Waals surface area contributed by atoms with Crippen LogP contribution < -0.4 is 0 Å². The zero-order valence-electron chi connectivity index (χ0n) is 15.7. The molecule has 1 aliphatic heterocycles. The monoisotopic (exact) mass is 356 g/mol. The average molecular weight is 356 g/mol. The van der Waals surface area contributed by atoms with Crippen LogP contribution in [0.1, 0.15) is 29.8 Å². The summed E-state index contributed by atoms with van der Waals surface area (Å²) in [6, 6.07) is 6.57. The van der Waals surface area contributed by atoms with E-state index in [0.29, 0.717) is 24.7 Å². The molecule has 4 rings (SSSR count). The fourth-order valence-electron chi connectivity index (χ4n) is 4.26. The lowest BCUT2D eigenvalue weighted by atomic mass is 10.1. The number of hydrogen-bond acceptors (Lipinski definition) is 5. The van der Waals surface area contributed by atoms with Crippen LogP contribution in [0.4, 0.5) is 0 Å². The molecule has 3 unspecified atom stereocenters. The van der Waals surface area contributed by atoms with Crippen molar-refractivity contribution in [1.82, 2.24) is 19.7 Å². The Bertz CT molecular complexity index is 732. The Morgan fingerprint density at radius 2 is 2.23 bits per heavy atom. The van der Waals surface area contributed by atoms with Crippen LogP contribution in [0.3, 0.4) is 0 Å². The van der Waals surface area contributed by atoms with Crippen molar-refractivity contribution in [2.75, 3.05) is 19.8 Å². The summed E-state index contributed by atoms with van der Waals surface area (Å²) >= 11 is 0. The van der Waals surface area contributed by atoms with E-state index < -0.39 is 0 Å². The summed E-state index contributed by atoms with van der Waals surface area (Å²) in [5.41, 5.74) is 3.32. The predicted octanol–water partition coefficient (Wildman–Crippen LogP) is 2.32. The van der Waals surface area contributed by atoms with E-state index in [1.807, 2.05) is 43.0 Å². The van der Waals surface area contributed by atoms with Gasteiger partial charge < -0.3 is 9.47 Å². The molecule has 6 nitrogen and oxygen atoms in total. The molecule has 0 bridgehead atoms. The molecule has 0 amide bonds. The molecule has 0 spiro atoms. The Labute approximate surface area is 155 Å². The summed E-state index contributed by atoms with van der Waals surface area (Å²) in [5, 5.41) is 4.29. The maximum Gasteiger partial charge on any atom is 0.0888 e. The summed E-state index contributed by atoms with van der Waals surface area (Å²) < 4.78 is 13.9. The number of pyridine rings is 1. The van der Waals surface area contributed by atoms with Crippen LogP contribution in [-0.2, 0) is 29.7 Å². The molecule has 26 heavy (non-hydrogen) atoms. The fourth-order valence-corrected chi connectivity index (χ4v) is 4.26. The minimum absolute atomic E-state index is 0.339. The highest BCUT2D eigenvalue weighted by Crippen LogP contribution is 2.35. The van der Waals surface area contributed by atoms with Gasteiger partial charge in [-0.2, -0.15) is 5.10 Å². The maximum atomic E-state index is 6.06. The first-order valence-corrected chi connectivity index (χ1v) is 9.51. The van der Waals surface area contributed by atoms with E-state index in [1.165, 1.54) is 5.56 Å². The first-order valence-electron chi connectivity index (χ1n) is 9.51. The van der Waals surface area contributed by atoms with Crippen molar-refractivity contribution in [3.8, 4) is 0 Å². The molecule has 1 aliphatic carbocycles. The van der Waals surface area contributed by atoms with Gasteiger partial charge in [-0.25, -0.2) is 0 Å². The first-order chi connectivity index (χ1) is 12.7. The van der Waals surface area contributed by atoms with Crippen LogP contribution in [0.15, 0.2) is 30.6 Å². The van der Waals surface area contributed by atoms with E-state index in [0.717, 1.165) is 50.5 Å². The van der Waals surface area contributed by atoms with E-state index in [2.05, 4.69) is 21.2 Å². The second-order valence-corrected chi connectivity index (χ2v) is 7.59. The number of fused-ring (bicyclic) bond motifs is 1. The van der Waals surface area contributed by atoms with Gasteiger partial charge in [0.15, 0.2) is 0 Å². The summed E-state index contributed by atoms with van der Waals surface area (Å²) in [4.78, 5) is 7.07. The normalized spacial score (nSPS) is 26.2. The van der Waals surface area contributed by atoms with Gasteiger partial charge in [-0.1, -0.05) is 6.07 Å². The molecule has 3 heterocycles. The molecule has 2 aromatic rings. The van der Waals surface area contributed by atoms with Gasteiger partial charge in [-0.15, -0.1) is 0 Å². The molecule has 0 aromatic carbocycles. The fraction of sp³-hybridized carbons (Fsp3) is 0.600. The molecule has 140 valence electrons. The molecule has 2 aromatic heterocycles. The number of aryl methyl sites for hydroxylation is 2. The summed E-state index contributed by atoms with van der Waals surface area (Å²) in [6.07, 6.45) is 6.65. The minimum Gasteiger partial charge on any atom is -0.375 e. The number of aromatic nitrogens is 3. The van der Waals surface area contributed by atoms with Crippen molar-refractivity contribution < 1.29 is 9.47 Å². The lowest BCUT2D eigenvalue weighted by molar-refractivity contribution is -0.0591. The summed E-state index contributed by atoms with van der Waals surface area (Å²) in [7, 11) is 1.97. The minimum atomic E-state index is 0.339. The lowest BCUT2D eigenvalue weighted by Gasteiger charge is -2.37. The third-order valence-corrected chi connectivity index (χ3v) is 5.44. The molecule has 6 heteroatoms. The summed E-state index contributed by atoms with van der Waals surface area (Å²) in [5.74, 6) is 0.560. The van der Waals surface area contributed by atoms with Crippen LogP contribution in [0, 0.1) is 12.8 Å². The van der Waals surface area contributed by atoms with Gasteiger partial charge >= 0.3 is 0 Å². The number of morpholine rings is 1. The Hall–Kier alpha value is -1.76. The Balaban J connectivity index is 1.29. The molecule has 0 radical (unpaired) electrons. The molecular formula is C20H28N4O2. The van der Waals surface area contributed by atoms with E-state index in [-0.39, 0.29) is 0 Å². The molecule has 2 aliphatic rings. The number of rotatable bonds is 6. The highest BCUT2D eigenvalue weighted by Gasteiger charge is 2.41. The molecule has 2 fully saturated rings. The number of nitrogens with zero attached hydrogens (tertiary/aromatic N) is 4. The molecule has 0 N–H and O–H groups in total. The third kappa shape index (κ3) is 4.14. The SMILES string of the molecule is Cc1cccc(COCC2CC3OCCN(Cc4cnn(C)c4)C3C2)n1. The van der Waals surface area contributed by atoms with E-state index in [1.54, 1.807) is 0 Å².